The number of amides is 2. The molecule has 1 heterocycles. The quantitative estimate of drug-likeness (QED) is 0.707. The van der Waals surface area contributed by atoms with E-state index in [0.29, 0.717) is 13.1 Å². The summed E-state index contributed by atoms with van der Waals surface area (Å²) in [5.41, 5.74) is 2.62. The first kappa shape index (κ1) is 22.4. The van der Waals surface area contributed by atoms with Gasteiger partial charge >= 0.3 is 6.09 Å². The molecule has 0 bridgehead atoms. The van der Waals surface area contributed by atoms with Crippen molar-refractivity contribution in [3.63, 3.8) is 0 Å². The summed E-state index contributed by atoms with van der Waals surface area (Å²) in [6, 6.07) is 12.0. The molecule has 0 atom stereocenters. The van der Waals surface area contributed by atoms with Crippen molar-refractivity contribution in [2.45, 2.75) is 52.8 Å². The maximum Gasteiger partial charge on any atom is 0.410 e. The minimum atomic E-state index is -0.606. The minimum absolute atomic E-state index is 0.0534. The molecule has 6 heteroatoms. The molecule has 0 spiro atoms. The van der Waals surface area contributed by atoms with Crippen LogP contribution in [0.2, 0.25) is 0 Å². The molecule has 2 aromatic rings. The minimum Gasteiger partial charge on any atom is -0.444 e. The second-order valence-corrected chi connectivity index (χ2v) is 8.12. The molecule has 29 heavy (non-hydrogen) atoms. The molecule has 0 radical (unpaired) electrons. The zero-order chi connectivity index (χ0) is 21.4. The van der Waals surface area contributed by atoms with Gasteiger partial charge in [0.25, 0.3) is 0 Å². The Labute approximate surface area is 173 Å². The van der Waals surface area contributed by atoms with Crippen LogP contribution in [0.25, 0.3) is 0 Å². The number of hydrogen-bond donors (Lipinski definition) is 0. The van der Waals surface area contributed by atoms with E-state index in [4.69, 9.17) is 4.74 Å². The summed E-state index contributed by atoms with van der Waals surface area (Å²) in [4.78, 5) is 32.4. The molecule has 1 aromatic heterocycles. The first-order valence-corrected chi connectivity index (χ1v) is 9.86. The molecule has 0 N–H and O–H groups in total. The highest BCUT2D eigenvalue weighted by atomic mass is 16.6. The van der Waals surface area contributed by atoms with Gasteiger partial charge in [-0.25, -0.2) is 4.79 Å². The Bertz CT molecular complexity index is 798. The van der Waals surface area contributed by atoms with Crippen LogP contribution < -0.4 is 0 Å². The van der Waals surface area contributed by atoms with Crippen LogP contribution in [0, 0.1) is 0 Å². The van der Waals surface area contributed by atoms with Crippen molar-refractivity contribution in [2.75, 3.05) is 13.6 Å². The van der Waals surface area contributed by atoms with E-state index < -0.39 is 11.7 Å². The molecule has 2 rings (SSSR count). The van der Waals surface area contributed by atoms with Crippen molar-refractivity contribution in [1.29, 1.82) is 0 Å². The number of pyridine rings is 1. The molecule has 0 fully saturated rings. The molecule has 156 valence electrons. The van der Waals surface area contributed by atoms with E-state index in [9.17, 15) is 9.59 Å². The summed E-state index contributed by atoms with van der Waals surface area (Å²) in [5, 5.41) is 0. The largest absolute Gasteiger partial charge is 0.444 e. The fraction of sp³-hybridized carbons (Fsp3) is 0.435. The molecule has 0 saturated carbocycles. The molecular formula is C23H31N3O3. The van der Waals surface area contributed by atoms with Crippen LogP contribution in [0.5, 0.6) is 0 Å². The predicted molar refractivity (Wildman–Crippen MR) is 113 cm³/mol. The average molecular weight is 398 g/mol. The van der Waals surface area contributed by atoms with E-state index in [1.54, 1.807) is 45.1 Å². The highest BCUT2D eigenvalue weighted by Gasteiger charge is 2.23. The van der Waals surface area contributed by atoms with Crippen LogP contribution in [-0.4, -0.2) is 46.0 Å². The lowest BCUT2D eigenvalue weighted by atomic mass is 10.1. The lowest BCUT2D eigenvalue weighted by molar-refractivity contribution is -0.133. The Morgan fingerprint density at radius 1 is 1.00 bits per heavy atom. The van der Waals surface area contributed by atoms with Gasteiger partial charge in [0.1, 0.15) is 12.1 Å². The van der Waals surface area contributed by atoms with Gasteiger partial charge in [0.05, 0.1) is 0 Å². The number of hydrogen-bond acceptors (Lipinski definition) is 4. The number of aryl methyl sites for hydroxylation is 1. The topological polar surface area (TPSA) is 62.7 Å². The highest BCUT2D eigenvalue weighted by molar-refractivity contribution is 5.82. The van der Waals surface area contributed by atoms with Gasteiger partial charge in [-0.2, -0.15) is 0 Å². The smallest absolute Gasteiger partial charge is 0.410 e. The Morgan fingerprint density at radius 3 is 2.17 bits per heavy atom. The molecule has 0 aliphatic carbocycles. The Kier molecular flexibility index (Phi) is 7.76. The molecule has 0 aliphatic rings. The number of benzene rings is 1. The summed E-state index contributed by atoms with van der Waals surface area (Å²) in [5.74, 6) is -0.151. The van der Waals surface area contributed by atoms with Gasteiger partial charge in [-0.05, 0) is 49.9 Å². The molecule has 0 unspecified atom stereocenters. The van der Waals surface area contributed by atoms with Crippen molar-refractivity contribution in [1.82, 2.24) is 14.8 Å². The van der Waals surface area contributed by atoms with Crippen molar-refractivity contribution in [3.05, 3.63) is 65.5 Å². The van der Waals surface area contributed by atoms with E-state index in [2.05, 4.69) is 24.0 Å². The fourth-order valence-corrected chi connectivity index (χ4v) is 2.75. The van der Waals surface area contributed by atoms with Crippen LogP contribution in [0.1, 0.15) is 44.4 Å². The summed E-state index contributed by atoms with van der Waals surface area (Å²) in [6.07, 6.45) is 3.91. The highest BCUT2D eigenvalue weighted by Crippen LogP contribution is 2.13. The third kappa shape index (κ3) is 7.56. The lowest BCUT2D eigenvalue weighted by Gasteiger charge is -2.28. The predicted octanol–water partition coefficient (Wildman–Crippen LogP) is 4.04. The second kappa shape index (κ2) is 10.0. The van der Waals surface area contributed by atoms with Gasteiger partial charge < -0.3 is 14.5 Å². The van der Waals surface area contributed by atoms with Gasteiger partial charge in [0.15, 0.2) is 0 Å². The monoisotopic (exact) mass is 397 g/mol. The van der Waals surface area contributed by atoms with Gasteiger partial charge in [0, 0.05) is 32.5 Å². The first-order chi connectivity index (χ1) is 13.7. The maximum atomic E-state index is 13.0. The van der Waals surface area contributed by atoms with Crippen LogP contribution in [-0.2, 0) is 29.0 Å². The number of aromatic nitrogens is 1. The normalized spacial score (nSPS) is 11.1. The van der Waals surface area contributed by atoms with E-state index in [1.807, 2.05) is 24.3 Å². The number of rotatable bonds is 7. The number of ether oxygens (including phenoxy) is 1. The molecule has 1 aromatic carbocycles. The molecule has 0 aliphatic heterocycles. The summed E-state index contributed by atoms with van der Waals surface area (Å²) in [6.45, 7) is 8.34. The molecule has 2 amide bonds. The van der Waals surface area contributed by atoms with Gasteiger partial charge in [0.2, 0.25) is 5.91 Å². The Hall–Kier alpha value is -2.89. The van der Waals surface area contributed by atoms with Gasteiger partial charge in [-0.1, -0.05) is 37.3 Å². The average Bonchev–Trinajstić information content (AvgIpc) is 2.67. The third-order valence-corrected chi connectivity index (χ3v) is 4.33. The van der Waals surface area contributed by atoms with Crippen LogP contribution in [0.3, 0.4) is 0 Å². The number of nitrogens with zero attached hydrogens (tertiary/aromatic N) is 3. The standard InChI is InChI=1S/C23H31N3O3/c1-6-18-9-11-19(12-10-18)15-26(16-20-8-7-13-24-14-20)21(27)17-25(5)22(28)29-23(2,3)4/h7-14H,6,15-17H2,1-5H3. The zero-order valence-electron chi connectivity index (χ0n) is 18.0. The summed E-state index contributed by atoms with van der Waals surface area (Å²) in [7, 11) is 1.57. The second-order valence-electron chi connectivity index (χ2n) is 8.12. The van der Waals surface area contributed by atoms with Crippen molar-refractivity contribution < 1.29 is 14.3 Å². The Morgan fingerprint density at radius 2 is 1.62 bits per heavy atom. The van der Waals surface area contributed by atoms with E-state index in [0.717, 1.165) is 17.5 Å². The van der Waals surface area contributed by atoms with Crippen molar-refractivity contribution in [2.24, 2.45) is 0 Å². The molecule has 6 nitrogen and oxygen atoms in total. The van der Waals surface area contributed by atoms with Gasteiger partial charge in [-0.15, -0.1) is 0 Å². The van der Waals surface area contributed by atoms with Crippen LogP contribution in [0.15, 0.2) is 48.8 Å². The summed E-state index contributed by atoms with van der Waals surface area (Å²) >= 11 is 0. The van der Waals surface area contributed by atoms with Crippen molar-refractivity contribution in [3.8, 4) is 0 Å². The Balaban J connectivity index is 2.12. The zero-order valence-corrected chi connectivity index (χ0v) is 18.0. The van der Waals surface area contributed by atoms with Crippen LogP contribution >= 0.6 is 0 Å². The number of likely N-dealkylation sites (N-methyl/N-ethyl adjacent to an activating group) is 1. The summed E-state index contributed by atoms with van der Waals surface area (Å²) < 4.78 is 5.35. The van der Waals surface area contributed by atoms with E-state index in [1.165, 1.54) is 10.5 Å². The number of carbonyl (C=O) groups excluding carboxylic acids is 2. The van der Waals surface area contributed by atoms with Gasteiger partial charge in [-0.3, -0.25) is 9.78 Å². The molecular weight excluding hydrogens is 366 g/mol. The SMILES string of the molecule is CCc1ccc(CN(Cc2cccnc2)C(=O)CN(C)C(=O)OC(C)(C)C)cc1. The lowest BCUT2D eigenvalue weighted by Crippen LogP contribution is -2.42. The van der Waals surface area contributed by atoms with E-state index >= 15 is 0 Å². The fourth-order valence-electron chi connectivity index (χ4n) is 2.75. The van der Waals surface area contributed by atoms with E-state index in [-0.39, 0.29) is 12.5 Å². The number of carbonyl (C=O) groups is 2. The first-order valence-electron chi connectivity index (χ1n) is 9.86. The van der Waals surface area contributed by atoms with Crippen LogP contribution in [0.4, 0.5) is 4.79 Å². The van der Waals surface area contributed by atoms with Crippen molar-refractivity contribution >= 4 is 12.0 Å². The molecule has 0 saturated heterocycles. The maximum absolute atomic E-state index is 13.0. The third-order valence-electron chi connectivity index (χ3n) is 4.33.